The van der Waals surface area contributed by atoms with E-state index in [1.54, 1.807) is 24.1 Å². The number of esters is 1. The van der Waals surface area contributed by atoms with Gasteiger partial charge in [0.25, 0.3) is 11.6 Å². The van der Waals surface area contributed by atoms with Crippen molar-refractivity contribution in [1.29, 1.82) is 0 Å². The van der Waals surface area contributed by atoms with Crippen LogP contribution in [0.5, 0.6) is 0 Å². The van der Waals surface area contributed by atoms with Crippen LogP contribution in [0.1, 0.15) is 30.1 Å². The highest BCUT2D eigenvalue weighted by atomic mass is 16.6. The first-order valence-corrected chi connectivity index (χ1v) is 8.74. The number of para-hydroxylation sites is 1. The van der Waals surface area contributed by atoms with Crippen molar-refractivity contribution in [2.45, 2.75) is 19.8 Å². The number of hydrogen-bond acceptors (Lipinski definition) is 6. The van der Waals surface area contributed by atoms with Gasteiger partial charge in [0, 0.05) is 31.5 Å². The molecule has 0 saturated carbocycles. The summed E-state index contributed by atoms with van der Waals surface area (Å²) < 4.78 is 6.53. The van der Waals surface area contributed by atoms with E-state index in [-0.39, 0.29) is 41.3 Å². The summed E-state index contributed by atoms with van der Waals surface area (Å²) in [6, 6.07) is 4.39. The van der Waals surface area contributed by atoms with Gasteiger partial charge >= 0.3 is 5.97 Å². The van der Waals surface area contributed by atoms with Crippen molar-refractivity contribution in [3.8, 4) is 5.69 Å². The van der Waals surface area contributed by atoms with Crippen LogP contribution < -0.4 is 0 Å². The number of piperidine rings is 1. The molecule has 142 valence electrons. The van der Waals surface area contributed by atoms with Crippen LogP contribution in [-0.2, 0) is 9.53 Å². The van der Waals surface area contributed by atoms with Crippen LogP contribution in [0.3, 0.4) is 0 Å². The Hall–Kier alpha value is -3.23. The third-order valence-electron chi connectivity index (χ3n) is 4.53. The zero-order chi connectivity index (χ0) is 19.4. The molecule has 1 fully saturated rings. The second-order valence-corrected chi connectivity index (χ2v) is 6.24. The minimum absolute atomic E-state index is 0.170. The van der Waals surface area contributed by atoms with E-state index in [1.807, 2.05) is 0 Å². The van der Waals surface area contributed by atoms with E-state index in [2.05, 4.69) is 4.98 Å². The van der Waals surface area contributed by atoms with E-state index in [4.69, 9.17) is 4.74 Å². The number of nitro benzene ring substituents is 1. The average molecular weight is 372 g/mol. The lowest BCUT2D eigenvalue weighted by Crippen LogP contribution is -2.43. The summed E-state index contributed by atoms with van der Waals surface area (Å²) in [7, 11) is 0. The number of aromatic nitrogens is 2. The molecule has 2 aromatic rings. The highest BCUT2D eigenvalue weighted by Crippen LogP contribution is 2.29. The minimum atomic E-state index is -0.524. The molecule has 1 saturated heterocycles. The van der Waals surface area contributed by atoms with Crippen molar-refractivity contribution in [3.63, 3.8) is 0 Å². The fourth-order valence-corrected chi connectivity index (χ4v) is 3.30. The van der Waals surface area contributed by atoms with E-state index in [9.17, 15) is 19.7 Å². The Kier molecular flexibility index (Phi) is 5.49. The van der Waals surface area contributed by atoms with Crippen molar-refractivity contribution in [1.82, 2.24) is 14.5 Å². The van der Waals surface area contributed by atoms with Crippen LogP contribution in [-0.4, -0.2) is 50.9 Å². The third kappa shape index (κ3) is 3.81. The molecule has 2 heterocycles. The number of carbonyl (C=O) groups is 2. The number of nitrogens with zero attached hydrogens (tertiary/aromatic N) is 4. The zero-order valence-electron chi connectivity index (χ0n) is 14.9. The molecular formula is C18H20N4O5. The molecule has 0 unspecified atom stereocenters. The van der Waals surface area contributed by atoms with Crippen LogP contribution in [0, 0.1) is 16.0 Å². The monoisotopic (exact) mass is 372 g/mol. The Morgan fingerprint density at radius 2 is 2.22 bits per heavy atom. The Morgan fingerprint density at radius 1 is 1.41 bits per heavy atom. The summed E-state index contributed by atoms with van der Waals surface area (Å²) in [5.74, 6) is -1.04. The summed E-state index contributed by atoms with van der Waals surface area (Å²) in [6.07, 6.45) is 5.78. The topological polar surface area (TPSA) is 108 Å². The molecule has 0 aliphatic carbocycles. The molecule has 3 rings (SSSR count). The smallest absolute Gasteiger partial charge is 0.310 e. The predicted octanol–water partition coefficient (Wildman–Crippen LogP) is 2.20. The van der Waals surface area contributed by atoms with Crippen LogP contribution in [0.15, 0.2) is 36.9 Å². The maximum atomic E-state index is 13.1. The number of carbonyl (C=O) groups excluding carboxylic acids is 2. The molecule has 1 aromatic carbocycles. The van der Waals surface area contributed by atoms with E-state index >= 15 is 0 Å². The molecule has 1 amide bonds. The Bertz CT molecular complexity index is 849. The largest absolute Gasteiger partial charge is 0.466 e. The fraction of sp³-hybridized carbons (Fsp3) is 0.389. The zero-order valence-corrected chi connectivity index (χ0v) is 14.9. The van der Waals surface area contributed by atoms with Crippen LogP contribution in [0.25, 0.3) is 5.69 Å². The van der Waals surface area contributed by atoms with Crippen molar-refractivity contribution >= 4 is 17.6 Å². The lowest BCUT2D eigenvalue weighted by molar-refractivity contribution is -0.384. The van der Waals surface area contributed by atoms with E-state index in [0.29, 0.717) is 26.0 Å². The second kappa shape index (κ2) is 7.98. The molecule has 1 aliphatic rings. The van der Waals surface area contributed by atoms with Crippen LogP contribution >= 0.6 is 0 Å². The first-order chi connectivity index (χ1) is 13.0. The molecule has 0 N–H and O–H groups in total. The number of likely N-dealkylation sites (tertiary alicyclic amines) is 1. The van der Waals surface area contributed by atoms with E-state index in [1.165, 1.54) is 29.2 Å². The summed E-state index contributed by atoms with van der Waals surface area (Å²) in [5, 5.41) is 11.5. The fourth-order valence-electron chi connectivity index (χ4n) is 3.30. The van der Waals surface area contributed by atoms with Crippen molar-refractivity contribution in [3.05, 3.63) is 52.6 Å². The Balaban J connectivity index is 1.94. The quantitative estimate of drug-likeness (QED) is 0.452. The normalized spacial score (nSPS) is 16.8. The van der Waals surface area contributed by atoms with Crippen molar-refractivity contribution in [2.75, 3.05) is 19.7 Å². The molecule has 0 bridgehead atoms. The number of benzene rings is 1. The highest BCUT2D eigenvalue weighted by Gasteiger charge is 2.32. The molecule has 9 nitrogen and oxygen atoms in total. The molecule has 0 spiro atoms. The van der Waals surface area contributed by atoms with Crippen molar-refractivity contribution < 1.29 is 19.2 Å². The van der Waals surface area contributed by atoms with Gasteiger partial charge in [0.2, 0.25) is 0 Å². The minimum Gasteiger partial charge on any atom is -0.466 e. The Morgan fingerprint density at radius 3 is 2.89 bits per heavy atom. The first-order valence-electron chi connectivity index (χ1n) is 8.74. The summed E-state index contributed by atoms with van der Waals surface area (Å²) in [6.45, 7) is 2.76. The van der Waals surface area contributed by atoms with Gasteiger partial charge in [0.05, 0.1) is 29.3 Å². The summed E-state index contributed by atoms with van der Waals surface area (Å²) in [5.41, 5.74) is 0.188. The number of nitro groups is 1. The third-order valence-corrected chi connectivity index (χ3v) is 4.53. The number of rotatable bonds is 5. The average Bonchev–Trinajstić information content (AvgIpc) is 3.21. The summed E-state index contributed by atoms with van der Waals surface area (Å²) >= 11 is 0. The molecule has 0 radical (unpaired) electrons. The predicted molar refractivity (Wildman–Crippen MR) is 95.5 cm³/mol. The molecule has 1 aromatic heterocycles. The number of amides is 1. The lowest BCUT2D eigenvalue weighted by Gasteiger charge is -2.32. The van der Waals surface area contributed by atoms with Gasteiger partial charge in [-0.3, -0.25) is 24.3 Å². The molecule has 9 heteroatoms. The van der Waals surface area contributed by atoms with Crippen LogP contribution in [0.2, 0.25) is 0 Å². The van der Waals surface area contributed by atoms with Gasteiger partial charge in [0.1, 0.15) is 5.69 Å². The Labute approximate surface area is 155 Å². The van der Waals surface area contributed by atoms with Crippen LogP contribution in [0.4, 0.5) is 5.69 Å². The van der Waals surface area contributed by atoms with E-state index in [0.717, 1.165) is 0 Å². The molecule has 1 aliphatic heterocycles. The van der Waals surface area contributed by atoms with Gasteiger partial charge < -0.3 is 9.64 Å². The molecule has 1 atom stereocenters. The highest BCUT2D eigenvalue weighted by molar-refractivity contribution is 5.99. The van der Waals surface area contributed by atoms with Gasteiger partial charge in [-0.15, -0.1) is 0 Å². The summed E-state index contributed by atoms with van der Waals surface area (Å²) in [4.78, 5) is 41.6. The number of ether oxygens (including phenoxy) is 1. The lowest BCUT2D eigenvalue weighted by atomic mass is 9.97. The van der Waals surface area contributed by atoms with Gasteiger partial charge in [0.15, 0.2) is 0 Å². The maximum absolute atomic E-state index is 13.1. The molecule has 27 heavy (non-hydrogen) atoms. The van der Waals surface area contributed by atoms with Gasteiger partial charge in [-0.05, 0) is 25.8 Å². The number of imidazole rings is 1. The van der Waals surface area contributed by atoms with Gasteiger partial charge in [-0.1, -0.05) is 6.07 Å². The molecular weight excluding hydrogens is 352 g/mol. The van der Waals surface area contributed by atoms with E-state index < -0.39 is 4.92 Å². The van der Waals surface area contributed by atoms with Gasteiger partial charge in [-0.25, -0.2) is 4.98 Å². The van der Waals surface area contributed by atoms with Gasteiger partial charge in [-0.2, -0.15) is 0 Å². The first kappa shape index (κ1) is 18.6. The maximum Gasteiger partial charge on any atom is 0.310 e. The second-order valence-electron chi connectivity index (χ2n) is 6.24. The standard InChI is InChI=1S/C18H20N4O5/c1-2-27-18(24)13-5-4-9-20(11-13)17(23)14-6-3-7-15(22(25)26)16(14)21-10-8-19-12-21/h3,6-8,10,12-13H,2,4-5,9,11H2,1H3/t13-/m1/s1. The number of hydrogen-bond donors (Lipinski definition) is 0. The SMILES string of the molecule is CCOC(=O)[C@@H]1CCCN(C(=O)c2cccc([N+](=O)[O-])c2-n2ccnc2)C1. The van der Waals surface area contributed by atoms with Crippen molar-refractivity contribution in [2.24, 2.45) is 5.92 Å².